The lowest BCUT2D eigenvalue weighted by molar-refractivity contribution is 0.0674. The molecule has 1 aliphatic heterocycles. The number of carbonyl (C=O) groups excluding carboxylic acids is 1. The number of ether oxygens (including phenoxy) is 1. The molecule has 1 aliphatic rings. The molecule has 0 spiro atoms. The highest BCUT2D eigenvalue weighted by Gasteiger charge is 2.23. The molecule has 0 fully saturated rings. The van der Waals surface area contributed by atoms with Gasteiger partial charge in [0.2, 0.25) is 0 Å². The molecule has 0 aliphatic carbocycles. The normalized spacial score (nSPS) is 13.6. The van der Waals surface area contributed by atoms with E-state index in [-0.39, 0.29) is 11.9 Å². The molecule has 4 heteroatoms. The van der Waals surface area contributed by atoms with Crippen LogP contribution in [0.25, 0.3) is 0 Å². The van der Waals surface area contributed by atoms with E-state index in [0.717, 1.165) is 24.0 Å². The van der Waals surface area contributed by atoms with Crippen LogP contribution in [0.3, 0.4) is 0 Å². The summed E-state index contributed by atoms with van der Waals surface area (Å²) >= 11 is 0. The number of nitrogens with zero attached hydrogens (tertiary/aromatic N) is 1. The van der Waals surface area contributed by atoms with Gasteiger partial charge in [-0.3, -0.25) is 4.79 Å². The second-order valence-electron chi connectivity index (χ2n) is 5.23. The van der Waals surface area contributed by atoms with E-state index in [1.165, 1.54) is 5.56 Å². The molecule has 2 rings (SSSR count). The van der Waals surface area contributed by atoms with Crippen LogP contribution in [0, 0.1) is 0 Å². The van der Waals surface area contributed by atoms with Gasteiger partial charge in [0.1, 0.15) is 0 Å². The van der Waals surface area contributed by atoms with Crippen LogP contribution in [0.15, 0.2) is 18.2 Å². The van der Waals surface area contributed by atoms with Crippen molar-refractivity contribution in [3.05, 3.63) is 34.9 Å². The van der Waals surface area contributed by atoms with Crippen LogP contribution in [-0.2, 0) is 18.0 Å². The maximum Gasteiger partial charge on any atom is 0.254 e. The Morgan fingerprint density at radius 2 is 2.00 bits per heavy atom. The average Bonchev–Trinajstić information content (AvgIpc) is 2.94. The summed E-state index contributed by atoms with van der Waals surface area (Å²) in [5.74, 6) is 0.0823. The molecule has 0 radical (unpaired) electrons. The average molecular weight is 276 g/mol. The maximum absolute atomic E-state index is 12.7. The highest BCUT2D eigenvalue weighted by atomic mass is 16.5. The van der Waals surface area contributed by atoms with Gasteiger partial charge in [-0.15, -0.1) is 0 Å². The van der Waals surface area contributed by atoms with E-state index in [9.17, 15) is 4.79 Å². The van der Waals surface area contributed by atoms with Gasteiger partial charge in [-0.25, -0.2) is 0 Å². The second-order valence-corrected chi connectivity index (χ2v) is 5.23. The first kappa shape index (κ1) is 15.0. The zero-order chi connectivity index (χ0) is 14.5. The standard InChI is InChI=1S/C16H24N2O2/c1-3-15(4-2)18(8-7-17)16(19)12-5-6-13-10-20-11-14(13)9-12/h5-6,9,15H,3-4,7-8,10-11,17H2,1-2H3. The molecule has 0 saturated carbocycles. The van der Waals surface area contributed by atoms with Crippen molar-refractivity contribution in [2.45, 2.75) is 45.9 Å². The molecule has 4 nitrogen and oxygen atoms in total. The number of benzene rings is 1. The van der Waals surface area contributed by atoms with Crippen LogP contribution in [0.1, 0.15) is 48.2 Å². The third-order valence-corrected chi connectivity index (χ3v) is 3.98. The SMILES string of the molecule is CCC(CC)N(CCN)C(=O)c1ccc2c(c1)COC2. The van der Waals surface area contributed by atoms with Gasteiger partial charge >= 0.3 is 0 Å². The summed E-state index contributed by atoms with van der Waals surface area (Å²) in [4.78, 5) is 14.6. The summed E-state index contributed by atoms with van der Waals surface area (Å²) in [6.07, 6.45) is 1.91. The van der Waals surface area contributed by atoms with Gasteiger partial charge < -0.3 is 15.4 Å². The van der Waals surface area contributed by atoms with Crippen molar-refractivity contribution in [1.82, 2.24) is 4.90 Å². The van der Waals surface area contributed by atoms with E-state index in [0.29, 0.717) is 26.3 Å². The molecule has 1 aromatic carbocycles. The predicted molar refractivity (Wildman–Crippen MR) is 79.4 cm³/mol. The topological polar surface area (TPSA) is 55.6 Å². The Morgan fingerprint density at radius 1 is 1.30 bits per heavy atom. The molecule has 0 bridgehead atoms. The minimum absolute atomic E-state index is 0.0823. The fourth-order valence-electron chi connectivity index (χ4n) is 2.79. The summed E-state index contributed by atoms with van der Waals surface area (Å²) in [6.45, 7) is 6.60. The predicted octanol–water partition coefficient (Wildman–Crippen LogP) is 2.31. The van der Waals surface area contributed by atoms with Gasteiger partial charge in [0, 0.05) is 24.7 Å². The monoisotopic (exact) mass is 276 g/mol. The summed E-state index contributed by atoms with van der Waals surface area (Å²) < 4.78 is 5.40. The highest BCUT2D eigenvalue weighted by Crippen LogP contribution is 2.22. The first-order valence-electron chi connectivity index (χ1n) is 7.41. The van der Waals surface area contributed by atoms with Crippen molar-refractivity contribution < 1.29 is 9.53 Å². The number of hydrogen-bond acceptors (Lipinski definition) is 3. The summed E-state index contributed by atoms with van der Waals surface area (Å²) in [6, 6.07) is 6.14. The largest absolute Gasteiger partial charge is 0.372 e. The van der Waals surface area contributed by atoms with E-state index in [2.05, 4.69) is 13.8 Å². The first-order chi connectivity index (χ1) is 9.71. The lowest BCUT2D eigenvalue weighted by Gasteiger charge is -2.30. The maximum atomic E-state index is 12.7. The van der Waals surface area contributed by atoms with Gasteiger partial charge in [-0.05, 0) is 36.1 Å². The minimum Gasteiger partial charge on any atom is -0.372 e. The molecule has 2 N–H and O–H groups in total. The number of rotatable bonds is 6. The van der Waals surface area contributed by atoms with Gasteiger partial charge in [0.15, 0.2) is 0 Å². The first-order valence-corrected chi connectivity index (χ1v) is 7.41. The molecule has 20 heavy (non-hydrogen) atoms. The highest BCUT2D eigenvalue weighted by molar-refractivity contribution is 5.94. The Hall–Kier alpha value is -1.39. The lowest BCUT2D eigenvalue weighted by Crippen LogP contribution is -2.42. The molecule has 0 aromatic heterocycles. The van der Waals surface area contributed by atoms with Crippen LogP contribution in [-0.4, -0.2) is 29.9 Å². The molecule has 0 unspecified atom stereocenters. The summed E-state index contributed by atoms with van der Waals surface area (Å²) in [7, 11) is 0. The lowest BCUT2D eigenvalue weighted by atomic mass is 10.0. The molecular weight excluding hydrogens is 252 g/mol. The second kappa shape index (κ2) is 6.86. The van der Waals surface area contributed by atoms with Gasteiger partial charge in [0.05, 0.1) is 13.2 Å². The summed E-state index contributed by atoms with van der Waals surface area (Å²) in [5, 5.41) is 0. The van der Waals surface area contributed by atoms with Crippen LogP contribution >= 0.6 is 0 Å². The number of carbonyl (C=O) groups is 1. The number of amides is 1. The third kappa shape index (κ3) is 3.02. The van der Waals surface area contributed by atoms with Crippen molar-refractivity contribution in [2.24, 2.45) is 5.73 Å². The third-order valence-electron chi connectivity index (χ3n) is 3.98. The van der Waals surface area contributed by atoms with E-state index in [4.69, 9.17) is 10.5 Å². The van der Waals surface area contributed by atoms with Crippen molar-refractivity contribution in [3.63, 3.8) is 0 Å². The Bertz CT molecular complexity index is 470. The zero-order valence-electron chi connectivity index (χ0n) is 12.4. The van der Waals surface area contributed by atoms with Gasteiger partial charge in [0.25, 0.3) is 5.91 Å². The smallest absolute Gasteiger partial charge is 0.254 e. The van der Waals surface area contributed by atoms with E-state index in [1.54, 1.807) is 0 Å². The molecule has 1 amide bonds. The summed E-state index contributed by atoms with van der Waals surface area (Å²) in [5.41, 5.74) is 8.74. The van der Waals surface area contributed by atoms with Crippen LogP contribution in [0.5, 0.6) is 0 Å². The minimum atomic E-state index is 0.0823. The van der Waals surface area contributed by atoms with Crippen molar-refractivity contribution in [1.29, 1.82) is 0 Å². The fourth-order valence-corrected chi connectivity index (χ4v) is 2.79. The van der Waals surface area contributed by atoms with Crippen molar-refractivity contribution >= 4 is 5.91 Å². The molecule has 0 saturated heterocycles. The van der Waals surface area contributed by atoms with Crippen molar-refractivity contribution in [2.75, 3.05) is 13.1 Å². The Kier molecular flexibility index (Phi) is 5.15. The van der Waals surface area contributed by atoms with Crippen molar-refractivity contribution in [3.8, 4) is 0 Å². The fraction of sp³-hybridized carbons (Fsp3) is 0.562. The van der Waals surface area contributed by atoms with Crippen LogP contribution < -0.4 is 5.73 Å². The van der Waals surface area contributed by atoms with Gasteiger partial charge in [-0.1, -0.05) is 19.9 Å². The van der Waals surface area contributed by atoms with E-state index < -0.39 is 0 Å². The van der Waals surface area contributed by atoms with Crippen LogP contribution in [0.4, 0.5) is 0 Å². The molecule has 1 aromatic rings. The Morgan fingerprint density at radius 3 is 2.65 bits per heavy atom. The molecule has 110 valence electrons. The van der Waals surface area contributed by atoms with Gasteiger partial charge in [-0.2, -0.15) is 0 Å². The van der Waals surface area contributed by atoms with E-state index >= 15 is 0 Å². The van der Waals surface area contributed by atoms with E-state index in [1.807, 2.05) is 23.1 Å². The number of nitrogens with two attached hydrogens (primary N) is 1. The Balaban J connectivity index is 2.22. The Labute approximate surface area is 120 Å². The molecule has 0 atom stereocenters. The molecular formula is C16H24N2O2. The number of fused-ring (bicyclic) bond motifs is 1. The number of hydrogen-bond donors (Lipinski definition) is 1. The zero-order valence-corrected chi connectivity index (χ0v) is 12.4. The quantitative estimate of drug-likeness (QED) is 0.867. The van der Waals surface area contributed by atoms with Crippen LogP contribution in [0.2, 0.25) is 0 Å². The molecule has 1 heterocycles.